The van der Waals surface area contributed by atoms with Crippen LogP contribution in [-0.2, 0) is 4.74 Å². The number of aromatic carboxylic acids is 1. The Balaban J connectivity index is 2.86. The van der Waals surface area contributed by atoms with E-state index in [9.17, 15) is 9.59 Å². The van der Waals surface area contributed by atoms with Gasteiger partial charge in [-0.3, -0.25) is 0 Å². The van der Waals surface area contributed by atoms with Crippen molar-refractivity contribution in [2.24, 2.45) is 0 Å². The SMILES string of the molecule is CCN(C(=O)Nc1cc(C)[nH]c1C(=O)O)C(C)COC. The second kappa shape index (κ2) is 6.95. The summed E-state index contributed by atoms with van der Waals surface area (Å²) in [5.74, 6) is -1.11. The monoisotopic (exact) mass is 283 g/mol. The highest BCUT2D eigenvalue weighted by Crippen LogP contribution is 2.18. The van der Waals surface area contributed by atoms with Crippen molar-refractivity contribution in [3.63, 3.8) is 0 Å². The zero-order chi connectivity index (χ0) is 15.3. The number of likely N-dealkylation sites (N-methyl/N-ethyl adjacent to an activating group) is 1. The number of carboxylic acid groups (broad SMARTS) is 1. The predicted molar refractivity (Wildman–Crippen MR) is 75.2 cm³/mol. The van der Waals surface area contributed by atoms with E-state index in [1.807, 2.05) is 13.8 Å². The fraction of sp³-hybridized carbons (Fsp3) is 0.538. The van der Waals surface area contributed by atoms with Crippen molar-refractivity contribution < 1.29 is 19.4 Å². The van der Waals surface area contributed by atoms with Gasteiger partial charge in [0.2, 0.25) is 0 Å². The van der Waals surface area contributed by atoms with Gasteiger partial charge in [-0.15, -0.1) is 0 Å². The van der Waals surface area contributed by atoms with Crippen LogP contribution in [0.15, 0.2) is 6.07 Å². The van der Waals surface area contributed by atoms with Crippen molar-refractivity contribution in [1.82, 2.24) is 9.88 Å². The van der Waals surface area contributed by atoms with Crippen LogP contribution in [0.3, 0.4) is 0 Å². The van der Waals surface area contributed by atoms with E-state index in [1.54, 1.807) is 25.0 Å². The van der Waals surface area contributed by atoms with Gasteiger partial charge in [-0.1, -0.05) is 0 Å². The van der Waals surface area contributed by atoms with Crippen LogP contribution in [0.5, 0.6) is 0 Å². The number of amides is 2. The molecule has 0 bridgehead atoms. The standard InChI is InChI=1S/C13H21N3O4/c1-5-16(9(3)7-20-4)13(19)15-10-6-8(2)14-11(10)12(17)18/h6,9,14H,5,7H2,1-4H3,(H,15,19)(H,17,18). The van der Waals surface area contributed by atoms with Gasteiger partial charge in [-0.2, -0.15) is 0 Å². The topological polar surface area (TPSA) is 94.7 Å². The van der Waals surface area contributed by atoms with E-state index >= 15 is 0 Å². The summed E-state index contributed by atoms with van der Waals surface area (Å²) < 4.78 is 5.03. The Morgan fingerprint density at radius 2 is 2.20 bits per heavy atom. The van der Waals surface area contributed by atoms with Gasteiger partial charge in [-0.05, 0) is 26.8 Å². The van der Waals surface area contributed by atoms with Crippen molar-refractivity contribution in [1.29, 1.82) is 0 Å². The van der Waals surface area contributed by atoms with Gasteiger partial charge in [0, 0.05) is 19.3 Å². The third-order valence-corrected chi connectivity index (χ3v) is 2.95. The lowest BCUT2D eigenvalue weighted by molar-refractivity contribution is 0.0692. The van der Waals surface area contributed by atoms with Crippen LogP contribution in [0.4, 0.5) is 10.5 Å². The number of nitrogens with one attached hydrogen (secondary N) is 2. The summed E-state index contributed by atoms with van der Waals surface area (Å²) in [6.45, 7) is 6.37. The molecule has 20 heavy (non-hydrogen) atoms. The summed E-state index contributed by atoms with van der Waals surface area (Å²) in [7, 11) is 1.57. The minimum Gasteiger partial charge on any atom is -0.477 e. The highest BCUT2D eigenvalue weighted by atomic mass is 16.5. The molecule has 0 aromatic carbocycles. The zero-order valence-corrected chi connectivity index (χ0v) is 12.2. The number of ether oxygens (including phenoxy) is 1. The summed E-state index contributed by atoms with van der Waals surface area (Å²) in [6.07, 6.45) is 0. The zero-order valence-electron chi connectivity index (χ0n) is 12.2. The molecule has 1 atom stereocenters. The van der Waals surface area contributed by atoms with Crippen LogP contribution >= 0.6 is 0 Å². The third kappa shape index (κ3) is 3.74. The number of aromatic nitrogens is 1. The van der Waals surface area contributed by atoms with E-state index < -0.39 is 5.97 Å². The maximum absolute atomic E-state index is 12.2. The number of anilines is 1. The number of hydrogen-bond acceptors (Lipinski definition) is 3. The lowest BCUT2D eigenvalue weighted by Crippen LogP contribution is -2.43. The number of methoxy groups -OCH3 is 1. The normalized spacial score (nSPS) is 12.0. The predicted octanol–water partition coefficient (Wildman–Crippen LogP) is 1.91. The minimum absolute atomic E-state index is 0.0219. The molecule has 3 N–H and O–H groups in total. The minimum atomic E-state index is -1.11. The highest BCUT2D eigenvalue weighted by molar-refractivity contribution is 5.99. The van der Waals surface area contributed by atoms with Gasteiger partial charge in [0.15, 0.2) is 0 Å². The Hall–Kier alpha value is -2.02. The lowest BCUT2D eigenvalue weighted by atomic mass is 10.3. The van der Waals surface area contributed by atoms with Crippen LogP contribution in [0, 0.1) is 6.92 Å². The first kappa shape index (κ1) is 16.0. The fourth-order valence-electron chi connectivity index (χ4n) is 2.03. The summed E-state index contributed by atoms with van der Waals surface area (Å²) in [4.78, 5) is 27.6. The number of carbonyl (C=O) groups is 2. The molecule has 0 fully saturated rings. The summed E-state index contributed by atoms with van der Waals surface area (Å²) in [5.41, 5.74) is 0.917. The van der Waals surface area contributed by atoms with Gasteiger partial charge < -0.3 is 25.0 Å². The molecule has 0 radical (unpaired) electrons. The first-order valence-corrected chi connectivity index (χ1v) is 6.40. The van der Waals surface area contributed by atoms with Crippen molar-refractivity contribution in [2.45, 2.75) is 26.8 Å². The van der Waals surface area contributed by atoms with E-state index in [4.69, 9.17) is 9.84 Å². The van der Waals surface area contributed by atoms with E-state index in [1.165, 1.54) is 0 Å². The molecule has 0 aliphatic rings. The Kier molecular flexibility index (Phi) is 5.57. The summed E-state index contributed by atoms with van der Waals surface area (Å²) in [5, 5.41) is 11.7. The van der Waals surface area contributed by atoms with Gasteiger partial charge >= 0.3 is 12.0 Å². The lowest BCUT2D eigenvalue weighted by Gasteiger charge is -2.27. The molecule has 1 aromatic heterocycles. The Morgan fingerprint density at radius 3 is 2.70 bits per heavy atom. The van der Waals surface area contributed by atoms with Crippen LogP contribution < -0.4 is 5.32 Å². The van der Waals surface area contributed by atoms with Gasteiger partial charge in [0.1, 0.15) is 5.69 Å². The number of aryl methyl sites for hydroxylation is 1. The molecule has 7 nitrogen and oxygen atoms in total. The largest absolute Gasteiger partial charge is 0.477 e. The number of urea groups is 1. The highest BCUT2D eigenvalue weighted by Gasteiger charge is 2.21. The molecule has 2 amide bonds. The number of carboxylic acids is 1. The average molecular weight is 283 g/mol. The van der Waals surface area contributed by atoms with Crippen LogP contribution in [0.25, 0.3) is 0 Å². The van der Waals surface area contributed by atoms with Gasteiger partial charge in [0.05, 0.1) is 18.3 Å². The molecule has 0 aliphatic heterocycles. The van der Waals surface area contributed by atoms with E-state index in [0.29, 0.717) is 18.8 Å². The molecular formula is C13H21N3O4. The number of aromatic amines is 1. The second-order valence-corrected chi connectivity index (χ2v) is 4.57. The number of rotatable bonds is 6. The van der Waals surface area contributed by atoms with E-state index in [0.717, 1.165) is 0 Å². The molecule has 1 aromatic rings. The number of nitrogens with zero attached hydrogens (tertiary/aromatic N) is 1. The number of hydrogen-bond donors (Lipinski definition) is 3. The maximum atomic E-state index is 12.2. The summed E-state index contributed by atoms with van der Waals surface area (Å²) in [6, 6.07) is 1.15. The fourth-order valence-corrected chi connectivity index (χ4v) is 2.03. The smallest absolute Gasteiger partial charge is 0.354 e. The number of H-pyrrole nitrogens is 1. The third-order valence-electron chi connectivity index (χ3n) is 2.95. The van der Waals surface area contributed by atoms with Crippen LogP contribution in [0.2, 0.25) is 0 Å². The quantitative estimate of drug-likeness (QED) is 0.743. The molecule has 1 heterocycles. The first-order valence-electron chi connectivity index (χ1n) is 6.40. The second-order valence-electron chi connectivity index (χ2n) is 4.57. The average Bonchev–Trinajstić information content (AvgIpc) is 2.71. The molecule has 7 heteroatoms. The molecule has 1 rings (SSSR count). The molecule has 0 spiro atoms. The molecule has 1 unspecified atom stereocenters. The molecule has 0 aliphatic carbocycles. The molecule has 0 saturated heterocycles. The van der Waals surface area contributed by atoms with Crippen molar-refractivity contribution in [3.05, 3.63) is 17.5 Å². The molecule has 112 valence electrons. The first-order chi connectivity index (χ1) is 9.40. The van der Waals surface area contributed by atoms with Crippen molar-refractivity contribution in [2.75, 3.05) is 25.6 Å². The Labute approximate surface area is 117 Å². The maximum Gasteiger partial charge on any atom is 0.354 e. The van der Waals surface area contributed by atoms with Crippen molar-refractivity contribution >= 4 is 17.7 Å². The van der Waals surface area contributed by atoms with Crippen molar-refractivity contribution in [3.8, 4) is 0 Å². The Bertz CT molecular complexity index is 484. The molecular weight excluding hydrogens is 262 g/mol. The van der Waals surface area contributed by atoms with Crippen LogP contribution in [-0.4, -0.2) is 53.3 Å². The summed E-state index contributed by atoms with van der Waals surface area (Å²) >= 11 is 0. The van der Waals surface area contributed by atoms with E-state index in [-0.39, 0.29) is 23.5 Å². The van der Waals surface area contributed by atoms with Gasteiger partial charge in [0.25, 0.3) is 0 Å². The van der Waals surface area contributed by atoms with Crippen LogP contribution in [0.1, 0.15) is 30.0 Å². The molecule has 0 saturated carbocycles. The number of carbonyl (C=O) groups excluding carboxylic acids is 1. The van der Waals surface area contributed by atoms with E-state index in [2.05, 4.69) is 10.3 Å². The van der Waals surface area contributed by atoms with Gasteiger partial charge in [-0.25, -0.2) is 9.59 Å². The Morgan fingerprint density at radius 1 is 1.55 bits per heavy atom.